The molecule has 0 saturated heterocycles. The van der Waals surface area contributed by atoms with Crippen molar-refractivity contribution >= 4 is 27.7 Å². The lowest BCUT2D eigenvalue weighted by molar-refractivity contribution is -0.116. The summed E-state index contributed by atoms with van der Waals surface area (Å²) in [6.45, 7) is 0. The minimum absolute atomic E-state index is 0.0183. The first-order valence-electron chi connectivity index (χ1n) is 7.07. The summed E-state index contributed by atoms with van der Waals surface area (Å²) in [5, 5.41) is 17.4. The highest BCUT2D eigenvalue weighted by atomic mass is 32.2. The first-order valence-corrected chi connectivity index (χ1v) is 9.71. The molecule has 0 unspecified atom stereocenters. The number of rotatable bonds is 6. The number of sulfonamides is 1. The van der Waals surface area contributed by atoms with Crippen LogP contribution in [0.4, 0.5) is 0 Å². The molecule has 2 aromatic carbocycles. The third kappa shape index (κ3) is 5.35. The third-order valence-corrected chi connectivity index (χ3v) is 5.52. The van der Waals surface area contributed by atoms with Gasteiger partial charge < -0.3 is 0 Å². The van der Waals surface area contributed by atoms with Crippen LogP contribution in [0.25, 0.3) is 0 Å². The van der Waals surface area contributed by atoms with Crippen LogP contribution >= 0.6 is 11.8 Å². The molecule has 0 bridgehead atoms. The van der Waals surface area contributed by atoms with Crippen LogP contribution in [0, 0.1) is 22.7 Å². The monoisotopic (exact) mass is 371 g/mol. The number of amides is 1. The molecule has 1 N–H and O–H groups in total. The molecular weight excluding hydrogens is 358 g/mol. The summed E-state index contributed by atoms with van der Waals surface area (Å²) in [7, 11) is -3.95. The van der Waals surface area contributed by atoms with Gasteiger partial charge in [-0.2, -0.15) is 10.5 Å². The van der Waals surface area contributed by atoms with Gasteiger partial charge in [-0.3, -0.25) is 4.79 Å². The van der Waals surface area contributed by atoms with Crippen LogP contribution in [0.5, 0.6) is 0 Å². The molecule has 0 aliphatic rings. The van der Waals surface area contributed by atoms with Crippen molar-refractivity contribution in [3.05, 3.63) is 65.2 Å². The van der Waals surface area contributed by atoms with Gasteiger partial charge in [0.15, 0.2) is 0 Å². The van der Waals surface area contributed by atoms with E-state index in [-0.39, 0.29) is 10.6 Å². The fourth-order valence-corrected chi connectivity index (χ4v) is 3.75. The van der Waals surface area contributed by atoms with Gasteiger partial charge in [-0.1, -0.05) is 12.1 Å². The van der Waals surface area contributed by atoms with Crippen LogP contribution in [0.2, 0.25) is 0 Å². The van der Waals surface area contributed by atoms with Crippen LogP contribution < -0.4 is 4.72 Å². The lowest BCUT2D eigenvalue weighted by Crippen LogP contribution is -2.31. The first kappa shape index (κ1) is 18.5. The Morgan fingerprint density at radius 3 is 2.00 bits per heavy atom. The molecule has 6 nitrogen and oxygen atoms in total. The molecule has 0 aliphatic carbocycles. The maximum Gasteiger partial charge on any atom is 0.264 e. The van der Waals surface area contributed by atoms with Crippen molar-refractivity contribution in [2.45, 2.75) is 10.6 Å². The SMILES string of the molecule is N#Cc1ccc(CSCC(=O)NS(=O)(=O)c2ccc(C#N)cc2)cc1. The van der Waals surface area contributed by atoms with Gasteiger partial charge in [0, 0.05) is 5.75 Å². The minimum Gasteiger partial charge on any atom is -0.273 e. The molecule has 0 radical (unpaired) electrons. The van der Waals surface area contributed by atoms with Crippen molar-refractivity contribution in [2.24, 2.45) is 0 Å². The Kier molecular flexibility index (Phi) is 6.18. The maximum atomic E-state index is 12.1. The molecule has 0 spiro atoms. The fourth-order valence-electron chi connectivity index (χ4n) is 1.88. The zero-order valence-corrected chi connectivity index (χ0v) is 14.6. The van der Waals surface area contributed by atoms with Crippen molar-refractivity contribution in [3.63, 3.8) is 0 Å². The van der Waals surface area contributed by atoms with Crippen molar-refractivity contribution in [2.75, 3.05) is 5.75 Å². The van der Waals surface area contributed by atoms with E-state index >= 15 is 0 Å². The van der Waals surface area contributed by atoms with E-state index in [4.69, 9.17) is 10.5 Å². The number of carbonyl (C=O) groups excluding carboxylic acids is 1. The second-order valence-electron chi connectivity index (χ2n) is 4.97. The molecule has 2 aromatic rings. The molecule has 0 aromatic heterocycles. The second kappa shape index (κ2) is 8.34. The standard InChI is InChI=1S/C17H13N3O3S2/c18-9-13-1-3-15(4-2-13)11-24-12-17(21)20-25(22,23)16-7-5-14(10-19)6-8-16/h1-8H,11-12H2,(H,20,21). The highest BCUT2D eigenvalue weighted by Gasteiger charge is 2.17. The summed E-state index contributed by atoms with van der Waals surface area (Å²) in [6.07, 6.45) is 0. The van der Waals surface area contributed by atoms with Crippen molar-refractivity contribution < 1.29 is 13.2 Å². The third-order valence-electron chi connectivity index (χ3n) is 3.13. The van der Waals surface area contributed by atoms with Crippen molar-refractivity contribution in [3.8, 4) is 12.1 Å². The Morgan fingerprint density at radius 1 is 0.960 bits per heavy atom. The van der Waals surface area contributed by atoms with Crippen LogP contribution in [0.15, 0.2) is 53.4 Å². The van der Waals surface area contributed by atoms with E-state index in [0.717, 1.165) is 5.56 Å². The topological polar surface area (TPSA) is 111 Å². The van der Waals surface area contributed by atoms with E-state index in [9.17, 15) is 13.2 Å². The van der Waals surface area contributed by atoms with Gasteiger partial charge in [0.25, 0.3) is 10.0 Å². The molecule has 1 amide bonds. The van der Waals surface area contributed by atoms with E-state index in [2.05, 4.69) is 0 Å². The fraction of sp³-hybridized carbons (Fsp3) is 0.118. The molecule has 126 valence electrons. The largest absolute Gasteiger partial charge is 0.273 e. The van der Waals surface area contributed by atoms with Gasteiger partial charge in [-0.15, -0.1) is 11.8 Å². The van der Waals surface area contributed by atoms with Crippen LogP contribution in [-0.4, -0.2) is 20.1 Å². The van der Waals surface area contributed by atoms with Crippen molar-refractivity contribution in [1.82, 2.24) is 4.72 Å². The highest BCUT2D eigenvalue weighted by Crippen LogP contribution is 2.14. The number of hydrogen-bond donors (Lipinski definition) is 1. The number of nitrogens with zero attached hydrogens (tertiary/aromatic N) is 2. The van der Waals surface area contributed by atoms with Crippen LogP contribution in [-0.2, 0) is 20.6 Å². The quantitative estimate of drug-likeness (QED) is 0.833. The van der Waals surface area contributed by atoms with Crippen LogP contribution in [0.1, 0.15) is 16.7 Å². The minimum atomic E-state index is -3.95. The lowest BCUT2D eigenvalue weighted by Gasteiger charge is -2.07. The average molecular weight is 371 g/mol. The molecule has 8 heteroatoms. The molecule has 2 rings (SSSR count). The summed E-state index contributed by atoms with van der Waals surface area (Å²) < 4.78 is 26.2. The molecular formula is C17H13N3O3S2. The predicted octanol–water partition coefficient (Wildman–Crippen LogP) is 2.17. The molecule has 0 saturated carbocycles. The van der Waals surface area contributed by atoms with E-state index in [1.165, 1.54) is 36.0 Å². The predicted molar refractivity (Wildman–Crippen MR) is 93.8 cm³/mol. The summed E-state index contributed by atoms with van der Waals surface area (Å²) in [5.74, 6) is -0.117. The molecule has 25 heavy (non-hydrogen) atoms. The van der Waals surface area contributed by atoms with E-state index in [1.807, 2.05) is 16.9 Å². The smallest absolute Gasteiger partial charge is 0.264 e. The number of thioether (sulfide) groups is 1. The number of benzene rings is 2. The maximum absolute atomic E-state index is 12.1. The summed E-state index contributed by atoms with van der Waals surface area (Å²) in [4.78, 5) is 11.8. The Morgan fingerprint density at radius 2 is 1.48 bits per heavy atom. The Balaban J connectivity index is 1.88. The van der Waals surface area contributed by atoms with Gasteiger partial charge in [0.2, 0.25) is 5.91 Å². The van der Waals surface area contributed by atoms with Gasteiger partial charge in [0.1, 0.15) is 0 Å². The number of carbonyl (C=O) groups is 1. The second-order valence-corrected chi connectivity index (χ2v) is 7.63. The zero-order valence-electron chi connectivity index (χ0n) is 13.0. The van der Waals surface area contributed by atoms with E-state index in [0.29, 0.717) is 16.9 Å². The number of hydrogen-bond acceptors (Lipinski definition) is 6. The Hall–Kier alpha value is -2.81. The summed E-state index contributed by atoms with van der Waals surface area (Å²) in [5.41, 5.74) is 1.83. The Bertz CT molecular complexity index is 939. The van der Waals surface area contributed by atoms with Crippen molar-refractivity contribution in [1.29, 1.82) is 10.5 Å². The molecule has 0 fully saturated rings. The lowest BCUT2D eigenvalue weighted by atomic mass is 10.2. The molecule has 0 heterocycles. The normalized spacial score (nSPS) is 10.5. The van der Waals surface area contributed by atoms with Crippen LogP contribution in [0.3, 0.4) is 0 Å². The van der Waals surface area contributed by atoms with Gasteiger partial charge in [-0.05, 0) is 42.0 Å². The van der Waals surface area contributed by atoms with E-state index in [1.54, 1.807) is 24.3 Å². The molecule has 0 aliphatic heterocycles. The van der Waals surface area contributed by atoms with E-state index < -0.39 is 15.9 Å². The van der Waals surface area contributed by atoms with Gasteiger partial charge >= 0.3 is 0 Å². The highest BCUT2D eigenvalue weighted by molar-refractivity contribution is 7.99. The molecule has 0 atom stereocenters. The van der Waals surface area contributed by atoms with Gasteiger partial charge in [0.05, 0.1) is 33.9 Å². The average Bonchev–Trinajstić information content (AvgIpc) is 2.62. The Labute approximate surface area is 150 Å². The summed E-state index contributed by atoms with van der Waals surface area (Å²) >= 11 is 1.27. The summed E-state index contributed by atoms with van der Waals surface area (Å²) in [6, 6.07) is 16.2. The number of nitriles is 2. The first-order chi connectivity index (χ1) is 11.9. The zero-order chi connectivity index (χ0) is 18.3. The number of nitrogens with one attached hydrogen (secondary N) is 1. The van der Waals surface area contributed by atoms with Gasteiger partial charge in [-0.25, -0.2) is 13.1 Å².